The topological polar surface area (TPSA) is 90.5 Å². The third-order valence-corrected chi connectivity index (χ3v) is 2.04. The molecular weight excluding hydrogens is 405 g/mol. The van der Waals surface area contributed by atoms with Gasteiger partial charge in [-0.1, -0.05) is 55.4 Å². The maximum Gasteiger partial charge on any atom is 6.00 e. The van der Waals surface area contributed by atoms with Crippen LogP contribution in [0.5, 0.6) is 0 Å². The minimum absolute atomic E-state index is 0. The van der Waals surface area contributed by atoms with Crippen molar-refractivity contribution >= 4 is 13.6 Å². The molecule has 0 heterocycles. The number of hydrogen-bond donors (Lipinski definition) is 0. The van der Waals surface area contributed by atoms with Crippen LogP contribution in [0.4, 0.5) is 0 Å². The van der Waals surface area contributed by atoms with Crippen LogP contribution in [0.2, 0.25) is 0 Å². The predicted molar refractivity (Wildman–Crippen MR) is 106 cm³/mol. The Hall–Kier alpha value is -0.197. The molecule has 7 heteroatoms. The number of carbonyl (C=O) groups excluding carboxylic acids is 2. The molecule has 0 bridgehead atoms. The number of hydrogen-bond acceptors (Lipinski definition) is 2. The van der Waals surface area contributed by atoms with E-state index in [4.69, 9.17) is 9.59 Å². The van der Waals surface area contributed by atoms with Gasteiger partial charge in [-0.15, -0.1) is 24.9 Å². The van der Waals surface area contributed by atoms with Crippen molar-refractivity contribution in [1.29, 1.82) is 0 Å². The van der Waals surface area contributed by atoms with Gasteiger partial charge in [-0.25, -0.2) is 12.3 Å². The van der Waals surface area contributed by atoms with Crippen LogP contribution in [-0.2, 0) is 29.1 Å². The van der Waals surface area contributed by atoms with Crippen molar-refractivity contribution in [2.24, 2.45) is 0 Å². The van der Waals surface area contributed by atoms with E-state index in [1.54, 1.807) is 0 Å². The summed E-state index contributed by atoms with van der Waals surface area (Å²) in [6.07, 6.45) is 0.315. The standard InChI is InChI=1S/2C8H18N2.2CHO.Ru/c2*1-6-9-7(2)10-8(3,4)5;2*1-2;/h2*7H,6H2,1-5H3;2*1H;/q2*-2;2*-1;+6. The summed E-state index contributed by atoms with van der Waals surface area (Å²) < 4.78 is 0. The Kier molecular flexibility index (Phi) is 31.3. The van der Waals surface area contributed by atoms with Crippen molar-refractivity contribution in [3.8, 4) is 0 Å². The zero-order chi connectivity index (χ0) is 20.4. The molecule has 0 aliphatic heterocycles. The van der Waals surface area contributed by atoms with Crippen molar-refractivity contribution in [3.05, 3.63) is 21.3 Å². The smallest absolute Gasteiger partial charge is 0.678 e. The molecule has 0 radical (unpaired) electrons. The van der Waals surface area contributed by atoms with Gasteiger partial charge in [0.15, 0.2) is 0 Å². The maximum atomic E-state index is 7.75. The van der Waals surface area contributed by atoms with Crippen LogP contribution in [0.25, 0.3) is 21.3 Å². The van der Waals surface area contributed by atoms with Gasteiger partial charge in [-0.05, 0) is 0 Å². The molecule has 0 aromatic rings. The second-order valence-electron chi connectivity index (χ2n) is 6.86. The van der Waals surface area contributed by atoms with Crippen LogP contribution in [0.15, 0.2) is 0 Å². The Morgan fingerprint density at radius 3 is 1.00 bits per heavy atom. The molecule has 0 aromatic heterocycles. The normalized spacial score (nSPS) is 12.6. The summed E-state index contributed by atoms with van der Waals surface area (Å²) in [6.45, 7) is 28.9. The molecule has 0 saturated carbocycles. The Morgan fingerprint density at radius 1 is 0.680 bits per heavy atom. The van der Waals surface area contributed by atoms with Crippen molar-refractivity contribution in [3.63, 3.8) is 0 Å². The largest absolute Gasteiger partial charge is 6.00 e. The summed E-state index contributed by atoms with van der Waals surface area (Å²) in [5.41, 5.74) is 0.107. The van der Waals surface area contributed by atoms with Gasteiger partial charge in [0, 0.05) is 0 Å². The summed E-state index contributed by atoms with van der Waals surface area (Å²) in [6, 6.07) is 0. The fourth-order valence-corrected chi connectivity index (χ4v) is 1.73. The molecular formula is C18H38N4O2Ru. The first-order valence-electron chi connectivity index (χ1n) is 8.15. The SMILES string of the molecule is CC[N-]C(C)[N-]C(C)(C)C.CC[N-]C(C)[N-]C(C)(C)C.[CH-]=O.[CH-]=O.[Ru+6]. The number of nitrogens with zero attached hydrogens (tertiary/aromatic N) is 4. The van der Waals surface area contributed by atoms with Gasteiger partial charge < -0.3 is 30.9 Å². The maximum absolute atomic E-state index is 7.75. The molecule has 2 unspecified atom stereocenters. The number of rotatable bonds is 6. The van der Waals surface area contributed by atoms with E-state index in [0.717, 1.165) is 13.1 Å². The summed E-state index contributed by atoms with van der Waals surface area (Å²) in [5.74, 6) is 0. The second kappa shape index (κ2) is 21.8. The first kappa shape index (κ1) is 35.8. The van der Waals surface area contributed by atoms with Crippen LogP contribution in [-0.4, -0.2) is 50.1 Å². The van der Waals surface area contributed by atoms with Gasteiger partial charge in [0.25, 0.3) is 0 Å². The van der Waals surface area contributed by atoms with E-state index >= 15 is 0 Å². The average molecular weight is 444 g/mol. The predicted octanol–water partition coefficient (Wildman–Crippen LogP) is 5.25. The first-order valence-corrected chi connectivity index (χ1v) is 8.15. The van der Waals surface area contributed by atoms with Gasteiger partial charge in [0.05, 0.1) is 0 Å². The summed E-state index contributed by atoms with van der Waals surface area (Å²) in [7, 11) is 0. The third kappa shape index (κ3) is 45.3. The fourth-order valence-electron chi connectivity index (χ4n) is 1.73. The molecule has 25 heavy (non-hydrogen) atoms. The molecule has 150 valence electrons. The van der Waals surface area contributed by atoms with Crippen LogP contribution < -0.4 is 0 Å². The van der Waals surface area contributed by atoms with Crippen molar-refractivity contribution in [1.82, 2.24) is 0 Å². The average Bonchev–Trinajstić information content (AvgIpc) is 2.40. The molecule has 0 aliphatic rings. The van der Waals surface area contributed by atoms with E-state index in [2.05, 4.69) is 76.4 Å². The first-order chi connectivity index (χ1) is 10.9. The molecule has 0 aliphatic carbocycles. The van der Waals surface area contributed by atoms with E-state index in [1.807, 2.05) is 27.7 Å². The molecule has 0 aromatic carbocycles. The molecule has 0 rings (SSSR count). The van der Waals surface area contributed by atoms with Crippen molar-refractivity contribution in [2.75, 3.05) is 13.1 Å². The zero-order valence-electron chi connectivity index (χ0n) is 17.7. The van der Waals surface area contributed by atoms with Crippen LogP contribution in [0.1, 0.15) is 69.2 Å². The van der Waals surface area contributed by atoms with E-state index in [9.17, 15) is 0 Å². The van der Waals surface area contributed by atoms with Crippen LogP contribution in [0.3, 0.4) is 0 Å². The van der Waals surface area contributed by atoms with E-state index in [0.29, 0.717) is 0 Å². The Labute approximate surface area is 169 Å². The van der Waals surface area contributed by atoms with Gasteiger partial charge in [0.1, 0.15) is 0 Å². The minimum Gasteiger partial charge on any atom is -0.678 e. The van der Waals surface area contributed by atoms with Crippen LogP contribution in [0, 0.1) is 0 Å². The van der Waals surface area contributed by atoms with Crippen molar-refractivity contribution < 1.29 is 29.1 Å². The molecule has 0 fully saturated rings. The van der Waals surface area contributed by atoms with Gasteiger partial charge in [-0.3, -0.25) is 13.6 Å². The zero-order valence-corrected chi connectivity index (χ0v) is 19.4. The minimum atomic E-state index is 0. The summed E-state index contributed by atoms with van der Waals surface area (Å²) >= 11 is 0. The fraction of sp³-hybridized carbons (Fsp3) is 0.889. The molecule has 0 spiro atoms. The van der Waals surface area contributed by atoms with E-state index in [-0.39, 0.29) is 42.9 Å². The Bertz CT molecular complexity index is 230. The van der Waals surface area contributed by atoms with E-state index in [1.165, 1.54) is 0 Å². The molecule has 6 nitrogen and oxygen atoms in total. The molecule has 0 N–H and O–H groups in total. The molecule has 0 saturated heterocycles. The Morgan fingerprint density at radius 2 is 0.880 bits per heavy atom. The van der Waals surface area contributed by atoms with Gasteiger partial charge >= 0.3 is 19.5 Å². The monoisotopic (exact) mass is 444 g/mol. The van der Waals surface area contributed by atoms with Gasteiger partial charge in [0.2, 0.25) is 0 Å². The van der Waals surface area contributed by atoms with E-state index < -0.39 is 0 Å². The van der Waals surface area contributed by atoms with Gasteiger partial charge in [-0.2, -0.15) is 13.1 Å². The third-order valence-electron chi connectivity index (χ3n) is 2.04. The Balaban J connectivity index is -0.0000000858. The summed E-state index contributed by atoms with van der Waals surface area (Å²) in [4.78, 5) is 15.5. The molecule has 0 amide bonds. The van der Waals surface area contributed by atoms with Crippen molar-refractivity contribution in [2.45, 2.75) is 92.6 Å². The van der Waals surface area contributed by atoms with Crippen LogP contribution >= 0.6 is 0 Å². The molecule has 2 atom stereocenters. The second-order valence-corrected chi connectivity index (χ2v) is 6.86. The quantitative estimate of drug-likeness (QED) is 0.319. The summed E-state index contributed by atoms with van der Waals surface area (Å²) in [5, 5.41) is 17.4.